The van der Waals surface area contributed by atoms with Gasteiger partial charge < -0.3 is 4.74 Å². The zero-order chi connectivity index (χ0) is 27.7. The van der Waals surface area contributed by atoms with E-state index in [1.807, 2.05) is 54.6 Å². The smallest absolute Gasteiger partial charge is 0.418 e. The van der Waals surface area contributed by atoms with E-state index < -0.39 is 11.7 Å². The van der Waals surface area contributed by atoms with Gasteiger partial charge in [0.2, 0.25) is 0 Å². The summed E-state index contributed by atoms with van der Waals surface area (Å²) in [5.74, 6) is 0.567. The highest BCUT2D eigenvalue weighted by Gasteiger charge is 2.34. The lowest BCUT2D eigenvalue weighted by atomic mass is 9.90. The second kappa shape index (κ2) is 10.3. The molecule has 6 rings (SSSR count). The van der Waals surface area contributed by atoms with Gasteiger partial charge in [0, 0.05) is 28.3 Å². The lowest BCUT2D eigenvalue weighted by Crippen LogP contribution is -2.07. The van der Waals surface area contributed by atoms with Crippen molar-refractivity contribution >= 4 is 28.0 Å². The number of ether oxygens (including phenoxy) is 1. The Kier molecular flexibility index (Phi) is 6.52. The molecule has 0 aliphatic heterocycles. The summed E-state index contributed by atoms with van der Waals surface area (Å²) in [6, 6.07) is 32.4. The number of para-hydroxylation sites is 1. The zero-order valence-corrected chi connectivity index (χ0v) is 21.2. The maximum atomic E-state index is 13.9. The van der Waals surface area contributed by atoms with Crippen molar-refractivity contribution in [1.82, 2.24) is 4.98 Å². The monoisotopic (exact) mass is 533 g/mol. The van der Waals surface area contributed by atoms with Crippen molar-refractivity contribution in [2.45, 2.75) is 12.8 Å². The number of alkyl halides is 3. The molecule has 0 fully saturated rings. The number of halogens is 3. The number of aldehydes is 1. The van der Waals surface area contributed by atoms with Gasteiger partial charge in [-0.3, -0.25) is 9.78 Å². The topological polar surface area (TPSA) is 39.2 Å². The van der Waals surface area contributed by atoms with Crippen LogP contribution in [0.3, 0.4) is 0 Å². The number of hydrogen-bond donors (Lipinski definition) is 0. The van der Waals surface area contributed by atoms with Crippen LogP contribution in [-0.4, -0.2) is 11.3 Å². The third kappa shape index (κ3) is 4.80. The first-order valence-electron chi connectivity index (χ1n) is 12.7. The van der Waals surface area contributed by atoms with E-state index in [-0.39, 0.29) is 5.52 Å². The van der Waals surface area contributed by atoms with Crippen LogP contribution in [0.2, 0.25) is 0 Å². The fourth-order valence-electron chi connectivity index (χ4n) is 5.05. The molecule has 196 valence electrons. The summed E-state index contributed by atoms with van der Waals surface area (Å²) in [5.41, 5.74) is 2.78. The van der Waals surface area contributed by atoms with Crippen molar-refractivity contribution in [3.05, 3.63) is 132 Å². The number of fused-ring (bicyclic) bond motifs is 2. The van der Waals surface area contributed by atoms with Crippen LogP contribution in [0.4, 0.5) is 13.2 Å². The van der Waals surface area contributed by atoms with Crippen LogP contribution in [0.25, 0.3) is 43.9 Å². The van der Waals surface area contributed by atoms with Crippen molar-refractivity contribution in [3.63, 3.8) is 0 Å². The van der Waals surface area contributed by atoms with Gasteiger partial charge in [-0.05, 0) is 51.7 Å². The summed E-state index contributed by atoms with van der Waals surface area (Å²) in [5, 5.41) is 2.58. The first kappa shape index (κ1) is 25.3. The summed E-state index contributed by atoms with van der Waals surface area (Å²) in [7, 11) is 0. The van der Waals surface area contributed by atoms with E-state index in [2.05, 4.69) is 11.1 Å². The summed E-state index contributed by atoms with van der Waals surface area (Å²) in [6.07, 6.45) is -2.42. The standard InChI is InChI=1S/C34H22F3NO2/c35-34(36,37)31-14-6-13-29-32(30(19-38-33(29)31)28-12-4-3-9-26(28)20-39)25-10-5-11-27(18-25)40-21-22-15-16-23-7-1-2-8-24(23)17-22/h1-20H,21H2. The van der Waals surface area contributed by atoms with Crippen LogP contribution in [0.15, 0.2) is 115 Å². The van der Waals surface area contributed by atoms with Gasteiger partial charge in [-0.1, -0.05) is 84.9 Å². The summed E-state index contributed by atoms with van der Waals surface area (Å²) < 4.78 is 47.9. The normalized spacial score (nSPS) is 11.6. The Bertz CT molecular complexity index is 1880. The van der Waals surface area contributed by atoms with Crippen LogP contribution < -0.4 is 4.74 Å². The second-order valence-electron chi connectivity index (χ2n) is 9.45. The van der Waals surface area contributed by atoms with Crippen molar-refractivity contribution in [2.75, 3.05) is 0 Å². The molecule has 1 aromatic heterocycles. The lowest BCUT2D eigenvalue weighted by Gasteiger charge is -2.18. The SMILES string of the molecule is O=Cc1ccccc1-c1cnc2c(C(F)(F)F)cccc2c1-c1cccc(OCc2ccc3ccccc3c2)c1. The first-order valence-corrected chi connectivity index (χ1v) is 12.7. The van der Waals surface area contributed by atoms with Crippen LogP contribution in [0.1, 0.15) is 21.5 Å². The number of aromatic nitrogens is 1. The molecule has 0 aliphatic carbocycles. The predicted octanol–water partition coefficient (Wildman–Crippen LogP) is 9.13. The molecule has 0 amide bonds. The molecule has 0 N–H and O–H groups in total. The Morgan fingerprint density at radius 3 is 2.35 bits per heavy atom. The maximum absolute atomic E-state index is 13.9. The summed E-state index contributed by atoms with van der Waals surface area (Å²) >= 11 is 0. The molecule has 0 spiro atoms. The molecule has 0 unspecified atom stereocenters. The molecule has 0 saturated heterocycles. The number of nitrogens with zero attached hydrogens (tertiary/aromatic N) is 1. The molecule has 0 radical (unpaired) electrons. The molecule has 3 nitrogen and oxygen atoms in total. The van der Waals surface area contributed by atoms with Gasteiger partial charge in [-0.15, -0.1) is 0 Å². The number of rotatable bonds is 6. The molecule has 1 heterocycles. The summed E-state index contributed by atoms with van der Waals surface area (Å²) in [4.78, 5) is 16.1. The minimum Gasteiger partial charge on any atom is -0.489 e. The minimum absolute atomic E-state index is 0.153. The molecule has 0 saturated carbocycles. The van der Waals surface area contributed by atoms with Crippen molar-refractivity contribution in [1.29, 1.82) is 0 Å². The molecule has 5 aromatic carbocycles. The quantitative estimate of drug-likeness (QED) is 0.200. The Morgan fingerprint density at radius 1 is 0.750 bits per heavy atom. The molecule has 0 atom stereocenters. The molecule has 0 bridgehead atoms. The van der Waals surface area contributed by atoms with Gasteiger partial charge in [0.25, 0.3) is 0 Å². The van der Waals surface area contributed by atoms with Crippen LogP contribution in [0.5, 0.6) is 5.75 Å². The van der Waals surface area contributed by atoms with Gasteiger partial charge >= 0.3 is 6.18 Å². The zero-order valence-electron chi connectivity index (χ0n) is 21.2. The van der Waals surface area contributed by atoms with Crippen molar-refractivity contribution in [2.24, 2.45) is 0 Å². The summed E-state index contributed by atoms with van der Waals surface area (Å²) in [6.45, 7) is 0.324. The number of benzene rings is 5. The van der Waals surface area contributed by atoms with Gasteiger partial charge in [-0.2, -0.15) is 13.2 Å². The van der Waals surface area contributed by atoms with E-state index in [9.17, 15) is 18.0 Å². The van der Waals surface area contributed by atoms with Crippen molar-refractivity contribution in [3.8, 4) is 28.0 Å². The molecule has 6 aromatic rings. The van der Waals surface area contributed by atoms with Crippen LogP contribution in [-0.2, 0) is 12.8 Å². The Hall–Kier alpha value is -4.97. The number of carbonyl (C=O) groups is 1. The second-order valence-corrected chi connectivity index (χ2v) is 9.45. The average molecular weight is 534 g/mol. The molecule has 0 aliphatic rings. The Morgan fingerprint density at radius 2 is 1.52 bits per heavy atom. The number of carbonyl (C=O) groups excluding carboxylic acids is 1. The van der Waals surface area contributed by atoms with Gasteiger partial charge in [-0.25, -0.2) is 0 Å². The third-order valence-corrected chi connectivity index (χ3v) is 6.92. The van der Waals surface area contributed by atoms with E-state index in [4.69, 9.17) is 4.74 Å². The molecular formula is C34H22F3NO2. The van der Waals surface area contributed by atoms with E-state index in [0.29, 0.717) is 45.6 Å². The van der Waals surface area contributed by atoms with Gasteiger partial charge in [0.05, 0.1) is 11.1 Å². The Labute approximate surface area is 228 Å². The molecule has 40 heavy (non-hydrogen) atoms. The van der Waals surface area contributed by atoms with Gasteiger partial charge in [0.1, 0.15) is 12.4 Å². The predicted molar refractivity (Wildman–Crippen MR) is 151 cm³/mol. The minimum atomic E-state index is -4.57. The third-order valence-electron chi connectivity index (χ3n) is 6.92. The van der Waals surface area contributed by atoms with Crippen LogP contribution in [0, 0.1) is 0 Å². The lowest BCUT2D eigenvalue weighted by molar-refractivity contribution is -0.136. The molecular weight excluding hydrogens is 511 g/mol. The average Bonchev–Trinajstić information content (AvgIpc) is 2.98. The van der Waals surface area contributed by atoms with E-state index >= 15 is 0 Å². The highest BCUT2D eigenvalue weighted by atomic mass is 19.4. The maximum Gasteiger partial charge on any atom is 0.418 e. The number of pyridine rings is 1. The highest BCUT2D eigenvalue weighted by molar-refractivity contribution is 6.05. The fourth-order valence-corrected chi connectivity index (χ4v) is 5.05. The van der Waals surface area contributed by atoms with Crippen LogP contribution >= 0.6 is 0 Å². The largest absolute Gasteiger partial charge is 0.489 e. The van der Waals surface area contributed by atoms with E-state index in [1.165, 1.54) is 12.3 Å². The molecule has 6 heteroatoms. The highest BCUT2D eigenvalue weighted by Crippen LogP contribution is 2.42. The van der Waals surface area contributed by atoms with E-state index in [1.54, 1.807) is 36.4 Å². The van der Waals surface area contributed by atoms with Gasteiger partial charge in [0.15, 0.2) is 6.29 Å². The number of hydrogen-bond acceptors (Lipinski definition) is 3. The fraction of sp³-hybridized carbons (Fsp3) is 0.0588. The van der Waals surface area contributed by atoms with Crippen molar-refractivity contribution < 1.29 is 22.7 Å². The van der Waals surface area contributed by atoms with E-state index in [0.717, 1.165) is 28.7 Å². The first-order chi connectivity index (χ1) is 19.4. The Balaban J connectivity index is 1.47.